The zero-order valence-corrected chi connectivity index (χ0v) is 12.0. The van der Waals surface area contributed by atoms with E-state index in [4.69, 9.17) is 9.47 Å². The van der Waals surface area contributed by atoms with Gasteiger partial charge in [0.05, 0.1) is 18.5 Å². The van der Waals surface area contributed by atoms with E-state index in [2.05, 4.69) is 23.1 Å². The van der Waals surface area contributed by atoms with E-state index < -0.39 is 0 Å². The Bertz CT molecular complexity index is 298. The summed E-state index contributed by atoms with van der Waals surface area (Å²) in [7, 11) is 2.71. The van der Waals surface area contributed by atoms with Gasteiger partial charge in [-0.1, -0.05) is 42.0 Å². The first-order chi connectivity index (χ1) is 8.29. The van der Waals surface area contributed by atoms with E-state index in [1.165, 1.54) is 0 Å². The Morgan fingerprint density at radius 2 is 1.41 bits per heavy atom. The fourth-order valence-corrected chi connectivity index (χ4v) is 1.79. The number of hydrogen-bond donors (Lipinski definition) is 0. The maximum Gasteiger partial charge on any atom is 0.130 e. The predicted molar refractivity (Wildman–Crippen MR) is 76.6 cm³/mol. The molecule has 0 saturated carbocycles. The van der Waals surface area contributed by atoms with Gasteiger partial charge in [-0.15, -0.1) is 0 Å². The highest BCUT2D eigenvalue weighted by atomic mass is 31.0. The van der Waals surface area contributed by atoms with Gasteiger partial charge in [-0.3, -0.25) is 0 Å². The van der Waals surface area contributed by atoms with Crippen LogP contribution in [-0.2, 0) is 0 Å². The van der Waals surface area contributed by atoms with Crippen LogP contribution in [0.3, 0.4) is 0 Å². The lowest BCUT2D eigenvalue weighted by atomic mass is 10.3. The molecular weight excluding hydrogens is 231 g/mol. The van der Waals surface area contributed by atoms with E-state index in [-0.39, 0.29) is 0 Å². The van der Waals surface area contributed by atoms with Gasteiger partial charge in [0.2, 0.25) is 0 Å². The second kappa shape index (κ2) is 8.36. The van der Waals surface area contributed by atoms with Crippen molar-refractivity contribution in [3.05, 3.63) is 18.2 Å². The molecule has 0 aromatic heterocycles. The third-order valence-electron chi connectivity index (χ3n) is 2.54. The van der Waals surface area contributed by atoms with Crippen molar-refractivity contribution in [2.75, 3.05) is 13.2 Å². The monoisotopic (exact) mass is 254 g/mol. The molecule has 0 aliphatic heterocycles. The average molecular weight is 254 g/mol. The molecule has 0 amide bonds. The molecule has 1 rings (SSSR count). The van der Waals surface area contributed by atoms with E-state index >= 15 is 0 Å². The minimum absolute atomic E-state index is 0.774. The van der Waals surface area contributed by atoms with Gasteiger partial charge in [-0.05, 0) is 25.0 Å². The minimum Gasteiger partial charge on any atom is -0.493 e. The maximum absolute atomic E-state index is 5.72. The molecule has 2 nitrogen and oxygen atoms in total. The van der Waals surface area contributed by atoms with Crippen LogP contribution in [0.25, 0.3) is 0 Å². The molecule has 0 spiro atoms. The fourth-order valence-electron chi connectivity index (χ4n) is 1.43. The Balaban J connectivity index is 2.56. The molecule has 1 unspecified atom stereocenters. The van der Waals surface area contributed by atoms with Gasteiger partial charge >= 0.3 is 0 Å². The van der Waals surface area contributed by atoms with E-state index in [9.17, 15) is 0 Å². The number of benzene rings is 1. The van der Waals surface area contributed by atoms with E-state index in [1.807, 2.05) is 18.2 Å². The zero-order valence-electron chi connectivity index (χ0n) is 10.9. The first-order valence-electron chi connectivity index (χ1n) is 6.43. The molecule has 1 atom stereocenters. The SMILES string of the molecule is CCCCOc1cccc(OCCCC)c1P. The lowest BCUT2D eigenvalue weighted by Gasteiger charge is -2.13. The number of unbranched alkanes of at least 4 members (excludes halogenated alkanes) is 2. The molecular formula is C14H23O2P. The van der Waals surface area contributed by atoms with Crippen LogP contribution in [0.15, 0.2) is 18.2 Å². The van der Waals surface area contributed by atoms with Crippen LogP contribution < -0.4 is 14.8 Å². The topological polar surface area (TPSA) is 18.5 Å². The van der Waals surface area contributed by atoms with Crippen LogP contribution in [-0.4, -0.2) is 13.2 Å². The van der Waals surface area contributed by atoms with Crippen molar-refractivity contribution in [3.8, 4) is 11.5 Å². The van der Waals surface area contributed by atoms with Crippen LogP contribution in [0.2, 0.25) is 0 Å². The molecule has 1 aromatic rings. The highest BCUT2D eigenvalue weighted by molar-refractivity contribution is 7.28. The third kappa shape index (κ3) is 4.95. The average Bonchev–Trinajstić information content (AvgIpc) is 2.34. The molecule has 17 heavy (non-hydrogen) atoms. The molecule has 0 aliphatic carbocycles. The van der Waals surface area contributed by atoms with Gasteiger partial charge < -0.3 is 9.47 Å². The summed E-state index contributed by atoms with van der Waals surface area (Å²) in [6.07, 6.45) is 4.48. The molecule has 0 aliphatic rings. The summed E-state index contributed by atoms with van der Waals surface area (Å²) >= 11 is 0. The van der Waals surface area contributed by atoms with Crippen molar-refractivity contribution in [2.45, 2.75) is 39.5 Å². The van der Waals surface area contributed by atoms with Crippen LogP contribution >= 0.6 is 9.24 Å². The first kappa shape index (κ1) is 14.3. The van der Waals surface area contributed by atoms with Gasteiger partial charge in [-0.2, -0.15) is 0 Å². The second-order valence-corrected chi connectivity index (χ2v) is 4.65. The number of rotatable bonds is 8. The van der Waals surface area contributed by atoms with Crippen LogP contribution in [0, 0.1) is 0 Å². The van der Waals surface area contributed by atoms with E-state index in [0.717, 1.165) is 55.7 Å². The molecule has 0 bridgehead atoms. The van der Waals surface area contributed by atoms with Crippen molar-refractivity contribution in [3.63, 3.8) is 0 Å². The quantitative estimate of drug-likeness (QED) is 0.522. The van der Waals surface area contributed by atoms with Gasteiger partial charge in [0.25, 0.3) is 0 Å². The molecule has 0 heterocycles. The largest absolute Gasteiger partial charge is 0.493 e. The van der Waals surface area contributed by atoms with Crippen molar-refractivity contribution in [1.29, 1.82) is 0 Å². The molecule has 96 valence electrons. The summed E-state index contributed by atoms with van der Waals surface area (Å²) in [5.74, 6) is 1.83. The summed E-state index contributed by atoms with van der Waals surface area (Å²) < 4.78 is 11.4. The van der Waals surface area contributed by atoms with Crippen LogP contribution in [0.4, 0.5) is 0 Å². The predicted octanol–water partition coefficient (Wildman–Crippen LogP) is 3.54. The maximum atomic E-state index is 5.72. The standard InChI is InChI=1S/C14H23O2P/c1-3-5-10-15-12-8-7-9-13(14(12)17)16-11-6-4-2/h7-9H,3-6,10-11,17H2,1-2H3. The van der Waals surface area contributed by atoms with E-state index in [1.54, 1.807) is 0 Å². The molecule has 3 heteroatoms. The first-order valence-corrected chi connectivity index (χ1v) is 7.01. The lowest BCUT2D eigenvalue weighted by Crippen LogP contribution is -2.09. The van der Waals surface area contributed by atoms with Gasteiger partial charge in [-0.25, -0.2) is 0 Å². The Morgan fingerprint density at radius 1 is 0.941 bits per heavy atom. The summed E-state index contributed by atoms with van der Waals surface area (Å²) in [6, 6.07) is 5.96. The molecule has 0 saturated heterocycles. The highest BCUT2D eigenvalue weighted by Crippen LogP contribution is 2.20. The van der Waals surface area contributed by atoms with Gasteiger partial charge in [0.1, 0.15) is 11.5 Å². The smallest absolute Gasteiger partial charge is 0.130 e. The van der Waals surface area contributed by atoms with Crippen molar-refractivity contribution >= 4 is 14.5 Å². The summed E-state index contributed by atoms with van der Waals surface area (Å²) in [6.45, 7) is 5.87. The van der Waals surface area contributed by atoms with Crippen LogP contribution in [0.1, 0.15) is 39.5 Å². The van der Waals surface area contributed by atoms with E-state index in [0.29, 0.717) is 0 Å². The van der Waals surface area contributed by atoms with Crippen molar-refractivity contribution in [1.82, 2.24) is 0 Å². The summed E-state index contributed by atoms with van der Waals surface area (Å²) in [4.78, 5) is 0. The van der Waals surface area contributed by atoms with Crippen molar-refractivity contribution < 1.29 is 9.47 Å². The molecule has 1 aromatic carbocycles. The summed E-state index contributed by atoms with van der Waals surface area (Å²) in [5, 5.41) is 1.03. The molecule has 0 fully saturated rings. The molecule has 0 radical (unpaired) electrons. The Labute approximate surface area is 107 Å². The van der Waals surface area contributed by atoms with Gasteiger partial charge in [0, 0.05) is 0 Å². The van der Waals surface area contributed by atoms with Gasteiger partial charge in [0.15, 0.2) is 0 Å². The highest BCUT2D eigenvalue weighted by Gasteiger charge is 2.05. The molecule has 0 N–H and O–H groups in total. The van der Waals surface area contributed by atoms with Crippen LogP contribution in [0.5, 0.6) is 11.5 Å². The minimum atomic E-state index is 0.774. The Morgan fingerprint density at radius 3 is 1.82 bits per heavy atom. The zero-order chi connectivity index (χ0) is 12.5. The normalized spacial score (nSPS) is 10.3. The lowest BCUT2D eigenvalue weighted by molar-refractivity contribution is 0.299. The second-order valence-electron chi connectivity index (χ2n) is 4.07. The third-order valence-corrected chi connectivity index (χ3v) is 3.11. The van der Waals surface area contributed by atoms with Crippen molar-refractivity contribution in [2.24, 2.45) is 0 Å². The fraction of sp³-hybridized carbons (Fsp3) is 0.571. The summed E-state index contributed by atoms with van der Waals surface area (Å²) in [5.41, 5.74) is 0. The Hall–Kier alpha value is -0.750. The number of hydrogen-bond acceptors (Lipinski definition) is 2. The Kier molecular flexibility index (Phi) is 7.04. The number of ether oxygens (including phenoxy) is 2.